The minimum Gasteiger partial charge on any atom is -0.362 e. The molecule has 2 aromatic rings. The first-order valence-corrected chi connectivity index (χ1v) is 10.4. The van der Waals surface area contributed by atoms with Crippen LogP contribution in [0.1, 0.15) is 38.9 Å². The molecule has 2 aliphatic carbocycles. The van der Waals surface area contributed by atoms with Gasteiger partial charge >= 0.3 is 0 Å². The molecule has 0 saturated heterocycles. The Bertz CT molecular complexity index is 935. The maximum atomic E-state index is 5.26. The normalized spacial score (nSPS) is 30.7. The van der Waals surface area contributed by atoms with E-state index >= 15 is 0 Å². The van der Waals surface area contributed by atoms with Crippen LogP contribution in [-0.4, -0.2) is 16.9 Å². The van der Waals surface area contributed by atoms with E-state index in [1.165, 1.54) is 17.6 Å². The molecular formula is C25H29N3. The highest BCUT2D eigenvalue weighted by Crippen LogP contribution is 2.51. The fourth-order valence-corrected chi connectivity index (χ4v) is 4.76. The zero-order valence-corrected chi connectivity index (χ0v) is 16.4. The Morgan fingerprint density at radius 1 is 1.11 bits per heavy atom. The van der Waals surface area contributed by atoms with Crippen molar-refractivity contribution in [2.75, 3.05) is 0 Å². The lowest BCUT2D eigenvalue weighted by molar-refractivity contribution is 0.400. The van der Waals surface area contributed by atoms with Crippen LogP contribution in [0.15, 0.2) is 83.5 Å². The molecule has 0 amide bonds. The summed E-state index contributed by atoms with van der Waals surface area (Å²) < 4.78 is 0. The summed E-state index contributed by atoms with van der Waals surface area (Å²) in [6.45, 7) is 2.32. The van der Waals surface area contributed by atoms with Crippen molar-refractivity contribution in [1.29, 1.82) is 0 Å². The molecule has 28 heavy (non-hydrogen) atoms. The summed E-state index contributed by atoms with van der Waals surface area (Å²) in [4.78, 5) is 9.73. The van der Waals surface area contributed by atoms with E-state index in [0.29, 0.717) is 5.92 Å². The average molecular weight is 372 g/mol. The first-order chi connectivity index (χ1) is 13.7. The van der Waals surface area contributed by atoms with Gasteiger partial charge < -0.3 is 5.32 Å². The maximum Gasteiger partial charge on any atom is 0.100 e. The van der Waals surface area contributed by atoms with Crippen molar-refractivity contribution in [3.05, 3.63) is 89.8 Å². The van der Waals surface area contributed by atoms with Gasteiger partial charge in [0.1, 0.15) is 6.04 Å². The Balaban J connectivity index is 0.00000205. The second-order valence-electron chi connectivity index (χ2n) is 8.37. The van der Waals surface area contributed by atoms with Crippen molar-refractivity contribution < 1.29 is 1.43 Å². The first kappa shape index (κ1) is 17.4. The van der Waals surface area contributed by atoms with E-state index in [1.54, 1.807) is 0 Å². The van der Waals surface area contributed by atoms with Crippen LogP contribution in [0.5, 0.6) is 0 Å². The fourth-order valence-electron chi connectivity index (χ4n) is 4.76. The van der Waals surface area contributed by atoms with Gasteiger partial charge in [0.15, 0.2) is 0 Å². The van der Waals surface area contributed by atoms with Gasteiger partial charge in [-0.15, -0.1) is 0 Å². The van der Waals surface area contributed by atoms with Gasteiger partial charge in [-0.25, -0.2) is 0 Å². The summed E-state index contributed by atoms with van der Waals surface area (Å²) in [6.07, 6.45) is 13.2. The lowest BCUT2D eigenvalue weighted by atomic mass is 9.80. The number of fused-ring (bicyclic) bond motifs is 1. The van der Waals surface area contributed by atoms with Gasteiger partial charge in [-0.2, -0.15) is 0 Å². The summed E-state index contributed by atoms with van der Waals surface area (Å²) in [6, 6.07) is 17.1. The molecule has 1 aromatic carbocycles. The summed E-state index contributed by atoms with van der Waals surface area (Å²) in [7, 11) is 0. The largest absolute Gasteiger partial charge is 0.362 e. The van der Waals surface area contributed by atoms with E-state index in [-0.39, 0.29) is 13.0 Å². The molecule has 144 valence electrons. The first-order valence-electron chi connectivity index (χ1n) is 10.4. The molecule has 3 nitrogen and oxygen atoms in total. The fraction of sp³-hybridized carbons (Fsp3) is 0.360. The Kier molecular flexibility index (Phi) is 4.38. The van der Waals surface area contributed by atoms with E-state index in [4.69, 9.17) is 4.99 Å². The Labute approximate surface area is 168 Å². The van der Waals surface area contributed by atoms with E-state index in [9.17, 15) is 0 Å². The van der Waals surface area contributed by atoms with Crippen LogP contribution in [0.4, 0.5) is 0 Å². The zero-order valence-electron chi connectivity index (χ0n) is 16.4. The number of aromatic nitrogens is 1. The van der Waals surface area contributed by atoms with Crippen molar-refractivity contribution in [2.45, 2.75) is 44.2 Å². The van der Waals surface area contributed by atoms with Crippen LogP contribution >= 0.6 is 0 Å². The Morgan fingerprint density at radius 3 is 2.79 bits per heavy atom. The standard InChI is InChI=1S/C25H27N3.H2/c1-25(19-10-3-2-4-11-19)24(21-13-6-5-9-18-17-22(18)21)27-23(28-25)15-14-20-12-7-8-16-26-20;/h2-5,7-13,16,18,22,24H,6,14-15,17H2,1H3,(H,27,28);1H/t18?,22?,24-,25+;/m1./s1. The van der Waals surface area contributed by atoms with Crippen LogP contribution < -0.4 is 5.32 Å². The van der Waals surface area contributed by atoms with Crippen LogP contribution in [0.2, 0.25) is 0 Å². The molecule has 0 bridgehead atoms. The number of rotatable bonds is 5. The highest BCUT2D eigenvalue weighted by molar-refractivity contribution is 5.86. The second-order valence-corrected chi connectivity index (χ2v) is 8.37. The third-order valence-corrected chi connectivity index (χ3v) is 6.41. The highest BCUT2D eigenvalue weighted by Gasteiger charge is 2.49. The molecule has 0 radical (unpaired) electrons. The third-order valence-electron chi connectivity index (χ3n) is 6.41. The minimum absolute atomic E-state index is 0. The third kappa shape index (κ3) is 3.19. The summed E-state index contributed by atoms with van der Waals surface area (Å²) >= 11 is 0. The number of benzene rings is 1. The van der Waals surface area contributed by atoms with Crippen molar-refractivity contribution in [2.24, 2.45) is 16.8 Å². The molecule has 1 fully saturated rings. The van der Waals surface area contributed by atoms with Crippen molar-refractivity contribution in [1.82, 2.24) is 10.3 Å². The number of hydrogen-bond acceptors (Lipinski definition) is 3. The molecule has 2 unspecified atom stereocenters. The minimum atomic E-state index is -0.190. The van der Waals surface area contributed by atoms with E-state index < -0.39 is 0 Å². The van der Waals surface area contributed by atoms with Crippen LogP contribution in [-0.2, 0) is 12.0 Å². The van der Waals surface area contributed by atoms with Gasteiger partial charge in [-0.05, 0) is 61.3 Å². The second kappa shape index (κ2) is 7.05. The highest BCUT2D eigenvalue weighted by atomic mass is 15.2. The summed E-state index contributed by atoms with van der Waals surface area (Å²) in [5, 5.41) is 3.82. The molecule has 3 aliphatic rings. The lowest BCUT2D eigenvalue weighted by Gasteiger charge is -2.33. The zero-order chi connectivity index (χ0) is 19.0. The van der Waals surface area contributed by atoms with Gasteiger partial charge in [0.05, 0.1) is 11.4 Å². The lowest BCUT2D eigenvalue weighted by Crippen LogP contribution is -2.46. The van der Waals surface area contributed by atoms with Gasteiger partial charge in [0, 0.05) is 19.7 Å². The number of allylic oxidation sites excluding steroid dienone is 3. The molecule has 3 heteroatoms. The Hall–Kier alpha value is -2.68. The molecule has 1 N–H and O–H groups in total. The molecule has 0 spiro atoms. The number of nitrogens with one attached hydrogen (secondary N) is 1. The van der Waals surface area contributed by atoms with Crippen LogP contribution in [0, 0.1) is 11.8 Å². The number of pyridine rings is 1. The van der Waals surface area contributed by atoms with Gasteiger partial charge in [0.2, 0.25) is 0 Å². The molecule has 1 saturated carbocycles. The van der Waals surface area contributed by atoms with Crippen molar-refractivity contribution in [3.63, 3.8) is 0 Å². The van der Waals surface area contributed by atoms with Crippen molar-refractivity contribution in [3.8, 4) is 0 Å². The SMILES string of the molecule is C[C@@]1(c2ccccc2)NC(CCc2ccccn2)=N[C@@H]1C1=CCC=CC2CC12.[HH]. The predicted molar refractivity (Wildman–Crippen MR) is 116 cm³/mol. The molecule has 4 atom stereocenters. The quantitative estimate of drug-likeness (QED) is 0.745. The van der Waals surface area contributed by atoms with Crippen LogP contribution in [0.25, 0.3) is 0 Å². The predicted octanol–water partition coefficient (Wildman–Crippen LogP) is 5.07. The van der Waals surface area contributed by atoms with Crippen molar-refractivity contribution >= 4 is 5.84 Å². The van der Waals surface area contributed by atoms with Crippen LogP contribution in [0.3, 0.4) is 0 Å². The molecular weight excluding hydrogens is 342 g/mol. The molecule has 1 aromatic heterocycles. The molecule has 5 rings (SSSR count). The van der Waals surface area contributed by atoms with Gasteiger partial charge in [-0.1, -0.05) is 54.6 Å². The number of aliphatic imine (C=N–C) groups is 1. The smallest absolute Gasteiger partial charge is 0.100 e. The topological polar surface area (TPSA) is 37.3 Å². The number of amidine groups is 1. The number of aryl methyl sites for hydroxylation is 1. The summed E-state index contributed by atoms with van der Waals surface area (Å²) in [5.74, 6) is 2.51. The Morgan fingerprint density at radius 2 is 1.96 bits per heavy atom. The molecule has 2 heterocycles. The molecule has 1 aliphatic heterocycles. The van der Waals surface area contributed by atoms with Gasteiger partial charge in [-0.3, -0.25) is 9.98 Å². The maximum absolute atomic E-state index is 5.26. The average Bonchev–Trinajstić information content (AvgIpc) is 3.45. The number of hydrogen-bond donors (Lipinski definition) is 1. The van der Waals surface area contributed by atoms with E-state index in [0.717, 1.165) is 36.7 Å². The van der Waals surface area contributed by atoms with E-state index in [1.807, 2.05) is 12.3 Å². The monoisotopic (exact) mass is 371 g/mol. The number of nitrogens with zero attached hydrogens (tertiary/aromatic N) is 2. The van der Waals surface area contributed by atoms with E-state index in [2.05, 4.69) is 77.9 Å². The van der Waals surface area contributed by atoms with Gasteiger partial charge in [0.25, 0.3) is 0 Å². The summed E-state index contributed by atoms with van der Waals surface area (Å²) in [5.41, 5.74) is 3.77.